The first kappa shape index (κ1) is 20.4. The lowest BCUT2D eigenvalue weighted by Gasteiger charge is -2.22. The SMILES string of the molecule is Cc1nc(OC2CCCCC2)cc(-c2c[nH]c3ccnc(Cl)c23)n1.FC(F)F. The third-order valence-corrected chi connectivity index (χ3v) is 4.76. The summed E-state index contributed by atoms with van der Waals surface area (Å²) in [5.41, 5.74) is 2.66. The van der Waals surface area contributed by atoms with Gasteiger partial charge in [-0.1, -0.05) is 18.0 Å². The number of fused-ring (bicyclic) bond motifs is 1. The van der Waals surface area contributed by atoms with E-state index in [-0.39, 0.29) is 6.10 Å². The number of ether oxygens (including phenoxy) is 1. The Morgan fingerprint density at radius 2 is 1.89 bits per heavy atom. The molecule has 9 heteroatoms. The molecule has 0 radical (unpaired) electrons. The lowest BCUT2D eigenvalue weighted by atomic mass is 9.98. The quantitative estimate of drug-likeness (QED) is 0.546. The van der Waals surface area contributed by atoms with Crippen LogP contribution >= 0.6 is 11.6 Å². The zero-order chi connectivity index (χ0) is 20.1. The molecule has 5 nitrogen and oxygen atoms in total. The van der Waals surface area contributed by atoms with Crippen LogP contribution < -0.4 is 4.74 Å². The molecule has 150 valence electrons. The highest BCUT2D eigenvalue weighted by Gasteiger charge is 2.18. The topological polar surface area (TPSA) is 63.7 Å². The molecule has 1 saturated carbocycles. The molecule has 0 unspecified atom stereocenters. The van der Waals surface area contributed by atoms with E-state index in [1.165, 1.54) is 19.3 Å². The van der Waals surface area contributed by atoms with E-state index in [0.717, 1.165) is 35.0 Å². The van der Waals surface area contributed by atoms with Gasteiger partial charge in [0.25, 0.3) is 0 Å². The maximum Gasteiger partial charge on any atom is 0.379 e. The van der Waals surface area contributed by atoms with E-state index in [9.17, 15) is 13.2 Å². The Kier molecular flexibility index (Phi) is 6.72. The Bertz CT molecular complexity index is 926. The van der Waals surface area contributed by atoms with Crippen molar-refractivity contribution in [3.05, 3.63) is 35.5 Å². The number of pyridine rings is 1. The Morgan fingerprint density at radius 3 is 2.61 bits per heavy atom. The van der Waals surface area contributed by atoms with Gasteiger partial charge in [-0.3, -0.25) is 0 Å². The van der Waals surface area contributed by atoms with Crippen LogP contribution in [0.5, 0.6) is 5.88 Å². The summed E-state index contributed by atoms with van der Waals surface area (Å²) >= 11 is 6.28. The first-order valence-corrected chi connectivity index (χ1v) is 9.38. The van der Waals surface area contributed by atoms with E-state index in [1.54, 1.807) is 6.20 Å². The van der Waals surface area contributed by atoms with Crippen molar-refractivity contribution < 1.29 is 17.9 Å². The Balaban J connectivity index is 0.000000516. The van der Waals surface area contributed by atoms with Crippen molar-refractivity contribution in [3.63, 3.8) is 0 Å². The van der Waals surface area contributed by atoms with Crippen LogP contribution in [0.25, 0.3) is 22.2 Å². The average molecular weight is 413 g/mol. The van der Waals surface area contributed by atoms with Gasteiger partial charge >= 0.3 is 6.68 Å². The van der Waals surface area contributed by atoms with Gasteiger partial charge in [0.2, 0.25) is 5.88 Å². The number of alkyl halides is 3. The molecule has 0 aliphatic heterocycles. The number of nitrogens with zero attached hydrogens (tertiary/aromatic N) is 3. The van der Waals surface area contributed by atoms with Crippen LogP contribution in [-0.2, 0) is 0 Å². The number of rotatable bonds is 3. The van der Waals surface area contributed by atoms with E-state index < -0.39 is 6.68 Å². The molecule has 0 aromatic carbocycles. The van der Waals surface area contributed by atoms with Crippen LogP contribution in [0.3, 0.4) is 0 Å². The fourth-order valence-electron chi connectivity index (χ4n) is 3.33. The fourth-order valence-corrected chi connectivity index (χ4v) is 3.59. The molecule has 28 heavy (non-hydrogen) atoms. The number of hydrogen-bond acceptors (Lipinski definition) is 4. The number of hydrogen-bond donors (Lipinski definition) is 1. The van der Waals surface area contributed by atoms with Crippen molar-refractivity contribution in [2.24, 2.45) is 0 Å². The number of aryl methyl sites for hydroxylation is 1. The summed E-state index contributed by atoms with van der Waals surface area (Å²) in [5, 5.41) is 1.34. The second-order valence-corrected chi connectivity index (χ2v) is 6.85. The Morgan fingerprint density at radius 1 is 1.18 bits per heavy atom. The molecule has 1 aliphatic carbocycles. The number of halogens is 4. The fraction of sp³-hybridized carbons (Fsp3) is 0.421. The molecule has 1 aliphatic rings. The van der Waals surface area contributed by atoms with Gasteiger partial charge in [0.05, 0.1) is 11.2 Å². The maximum absolute atomic E-state index is 9.67. The molecule has 0 spiro atoms. The van der Waals surface area contributed by atoms with Crippen LogP contribution in [0.2, 0.25) is 5.15 Å². The Labute approximate surface area is 165 Å². The van der Waals surface area contributed by atoms with Gasteiger partial charge in [0.1, 0.15) is 17.1 Å². The molecule has 3 aromatic rings. The second kappa shape index (κ2) is 9.23. The summed E-state index contributed by atoms with van der Waals surface area (Å²) in [6, 6.07) is 3.80. The van der Waals surface area contributed by atoms with E-state index in [4.69, 9.17) is 16.3 Å². The van der Waals surface area contributed by atoms with Crippen molar-refractivity contribution in [2.45, 2.75) is 51.8 Å². The summed E-state index contributed by atoms with van der Waals surface area (Å²) < 4.78 is 35.1. The summed E-state index contributed by atoms with van der Waals surface area (Å²) in [6.45, 7) is -1.79. The average Bonchev–Trinajstić information content (AvgIpc) is 3.07. The molecular formula is C19H20ClF3N4O. The van der Waals surface area contributed by atoms with Gasteiger partial charge in [-0.2, -0.15) is 18.2 Å². The lowest BCUT2D eigenvalue weighted by molar-refractivity contribution is 0.00819. The van der Waals surface area contributed by atoms with Gasteiger partial charge in [-0.05, 0) is 38.7 Å². The third-order valence-electron chi connectivity index (χ3n) is 4.48. The molecule has 4 rings (SSSR count). The summed E-state index contributed by atoms with van der Waals surface area (Å²) in [4.78, 5) is 16.4. The van der Waals surface area contributed by atoms with E-state index >= 15 is 0 Å². The van der Waals surface area contributed by atoms with Gasteiger partial charge < -0.3 is 9.72 Å². The highest BCUT2D eigenvalue weighted by atomic mass is 35.5. The first-order chi connectivity index (χ1) is 13.4. The molecular weight excluding hydrogens is 393 g/mol. The molecule has 0 atom stereocenters. The minimum atomic E-state index is -3.67. The van der Waals surface area contributed by atoms with Crippen molar-refractivity contribution in [3.8, 4) is 17.1 Å². The standard InChI is InChI=1S/C18H19ClN4O.CHF3/c1-11-22-15(9-16(23-11)24-12-5-3-2-4-6-12)13-10-21-14-7-8-20-18(19)17(13)14;2-1(3)4/h7-10,12,21H,2-6H2,1H3;1H. The normalized spacial score (nSPS) is 14.8. The van der Waals surface area contributed by atoms with Gasteiger partial charge in [0.15, 0.2) is 0 Å². The predicted molar refractivity (Wildman–Crippen MR) is 101 cm³/mol. The Hall–Kier alpha value is -2.35. The minimum absolute atomic E-state index is 0.258. The predicted octanol–water partition coefficient (Wildman–Crippen LogP) is 5.87. The highest BCUT2D eigenvalue weighted by molar-refractivity contribution is 6.35. The third kappa shape index (κ3) is 5.13. The van der Waals surface area contributed by atoms with Gasteiger partial charge in [0, 0.05) is 29.4 Å². The molecule has 3 heterocycles. The smallest absolute Gasteiger partial charge is 0.379 e. The lowest BCUT2D eigenvalue weighted by Crippen LogP contribution is -2.20. The summed E-state index contributed by atoms with van der Waals surface area (Å²) in [7, 11) is 0. The van der Waals surface area contributed by atoms with Crippen molar-refractivity contribution in [2.75, 3.05) is 0 Å². The van der Waals surface area contributed by atoms with E-state index in [0.29, 0.717) is 16.9 Å². The molecule has 3 aromatic heterocycles. The van der Waals surface area contributed by atoms with Crippen LogP contribution in [-0.4, -0.2) is 32.7 Å². The van der Waals surface area contributed by atoms with Crippen LogP contribution in [0.1, 0.15) is 37.9 Å². The second-order valence-electron chi connectivity index (χ2n) is 6.49. The highest BCUT2D eigenvalue weighted by Crippen LogP contribution is 2.33. The maximum atomic E-state index is 9.67. The van der Waals surface area contributed by atoms with E-state index in [1.807, 2.05) is 25.3 Å². The van der Waals surface area contributed by atoms with Crippen LogP contribution in [0.4, 0.5) is 13.2 Å². The number of aromatic amines is 1. The molecule has 0 amide bonds. The number of nitrogens with one attached hydrogen (secondary N) is 1. The zero-order valence-corrected chi connectivity index (χ0v) is 16.0. The van der Waals surface area contributed by atoms with Crippen LogP contribution in [0, 0.1) is 6.92 Å². The molecule has 1 N–H and O–H groups in total. The molecule has 0 bridgehead atoms. The first-order valence-electron chi connectivity index (χ1n) is 9.00. The van der Waals surface area contributed by atoms with Crippen LogP contribution in [0.15, 0.2) is 24.5 Å². The van der Waals surface area contributed by atoms with E-state index in [2.05, 4.69) is 19.9 Å². The summed E-state index contributed by atoms with van der Waals surface area (Å²) in [6.07, 6.45) is 9.81. The largest absolute Gasteiger partial charge is 0.474 e. The van der Waals surface area contributed by atoms with Crippen molar-refractivity contribution >= 4 is 22.5 Å². The van der Waals surface area contributed by atoms with Gasteiger partial charge in [-0.25, -0.2) is 9.97 Å². The minimum Gasteiger partial charge on any atom is -0.474 e. The van der Waals surface area contributed by atoms with Crippen molar-refractivity contribution in [1.29, 1.82) is 0 Å². The number of aromatic nitrogens is 4. The monoisotopic (exact) mass is 412 g/mol. The summed E-state index contributed by atoms with van der Waals surface area (Å²) in [5.74, 6) is 1.33. The number of H-pyrrole nitrogens is 1. The van der Waals surface area contributed by atoms with Crippen molar-refractivity contribution in [1.82, 2.24) is 19.9 Å². The van der Waals surface area contributed by atoms with Gasteiger partial charge in [-0.15, -0.1) is 0 Å². The zero-order valence-electron chi connectivity index (χ0n) is 15.3. The molecule has 0 saturated heterocycles. The molecule has 1 fully saturated rings.